The number of halogens is 1. The Morgan fingerprint density at radius 2 is 2.44 bits per heavy atom. The monoisotopic (exact) mass is 248 g/mol. The van der Waals surface area contributed by atoms with Gasteiger partial charge in [0.15, 0.2) is 5.78 Å². The third-order valence-corrected chi connectivity index (χ3v) is 2.67. The molecule has 1 saturated carbocycles. The van der Waals surface area contributed by atoms with E-state index in [9.17, 15) is 4.79 Å². The molecule has 1 aromatic rings. The van der Waals surface area contributed by atoms with Crippen LogP contribution in [0.1, 0.15) is 46.2 Å². The Morgan fingerprint density at radius 3 is 3.19 bits per heavy atom. The fourth-order valence-electron chi connectivity index (χ4n) is 1.56. The molecule has 1 fully saturated rings. The van der Waals surface area contributed by atoms with Crippen molar-refractivity contribution < 1.29 is 19.9 Å². The first-order chi connectivity index (χ1) is 12.0. The van der Waals surface area contributed by atoms with E-state index in [1.165, 1.54) is 0 Å². The first-order valence-corrected chi connectivity index (χ1v) is 4.94. The van der Waals surface area contributed by atoms with Crippen LogP contribution in [0.2, 0.25) is 5.02 Å². The lowest BCUT2D eigenvalue weighted by atomic mass is 9.75. The third kappa shape index (κ3) is 1.76. The number of likely N-dealkylation sites (N-methyl/N-ethyl adjacent to an activating group) is 1. The molecule has 0 amide bonds. The zero-order valence-electron chi connectivity index (χ0n) is 19.2. The molecule has 0 spiro atoms. The van der Waals surface area contributed by atoms with Gasteiger partial charge in [-0.1, -0.05) is 36.1 Å². The number of ketones is 1. The molecule has 0 saturated heterocycles. The molecule has 1 N–H and O–H groups in total. The van der Waals surface area contributed by atoms with Gasteiger partial charge in [0.25, 0.3) is 0 Å². The molecule has 0 bridgehead atoms. The Hall–Kier alpha value is -0.860. The molecule has 1 aliphatic rings. The fourth-order valence-corrected chi connectivity index (χ4v) is 1.80. The van der Waals surface area contributed by atoms with Crippen molar-refractivity contribution in [1.29, 1.82) is 0 Å². The highest BCUT2D eigenvalue weighted by molar-refractivity contribution is 6.31. The highest BCUT2D eigenvalue weighted by Crippen LogP contribution is 2.37. The summed E-state index contributed by atoms with van der Waals surface area (Å²) in [5.41, 5.74) is -3.52. The molecule has 3 heteroatoms. The van der Waals surface area contributed by atoms with Crippen LogP contribution in [0.25, 0.3) is 0 Å². The van der Waals surface area contributed by atoms with Crippen molar-refractivity contribution >= 4 is 17.4 Å². The molecular formula is C13H16ClNO. The molecular weight excluding hydrogens is 222 g/mol. The largest absolute Gasteiger partial charge is 0.304 e. The predicted molar refractivity (Wildman–Crippen MR) is 65.7 cm³/mol. The van der Waals surface area contributed by atoms with Crippen molar-refractivity contribution in [2.24, 2.45) is 0 Å². The van der Waals surface area contributed by atoms with E-state index in [4.69, 9.17) is 26.7 Å². The van der Waals surface area contributed by atoms with Crippen molar-refractivity contribution in [1.82, 2.24) is 5.32 Å². The second kappa shape index (κ2) is 4.56. The summed E-state index contributed by atoms with van der Waals surface area (Å²) in [5.74, 6) is -1.20. The Morgan fingerprint density at radius 1 is 1.62 bits per heavy atom. The molecule has 1 aliphatic carbocycles. The van der Waals surface area contributed by atoms with Crippen LogP contribution in [0.4, 0.5) is 0 Å². The molecule has 0 aromatic heterocycles. The van der Waals surface area contributed by atoms with Crippen molar-refractivity contribution in [2.75, 3.05) is 6.98 Å². The number of Topliss-reactive ketones (excluding diaryl/α,β-unsaturated/α-hetero) is 1. The molecule has 0 aliphatic heterocycles. The molecule has 2 nitrogen and oxygen atoms in total. The molecule has 1 aromatic carbocycles. The maximum atomic E-state index is 12.9. The maximum absolute atomic E-state index is 12.9. The zero-order valence-corrected chi connectivity index (χ0v) is 8.96. The fraction of sp³-hybridized carbons (Fsp3) is 0.462. The van der Waals surface area contributed by atoms with E-state index in [0.717, 1.165) is 0 Å². The number of benzene rings is 1. The second-order valence-corrected chi connectivity index (χ2v) is 3.65. The zero-order chi connectivity index (χ0) is 21.2. The Kier molecular flexibility index (Phi) is 1.17. The van der Waals surface area contributed by atoms with Crippen LogP contribution in [0.15, 0.2) is 24.2 Å². The molecule has 0 radical (unpaired) electrons. The van der Waals surface area contributed by atoms with E-state index in [1.54, 1.807) is 0 Å². The van der Waals surface area contributed by atoms with Crippen LogP contribution in [0.5, 0.6) is 0 Å². The number of carbonyl (C=O) groups is 1. The summed E-state index contributed by atoms with van der Waals surface area (Å²) in [6, 6.07) is -3.16. The van der Waals surface area contributed by atoms with Gasteiger partial charge in [0.1, 0.15) is 5.54 Å². The lowest BCUT2D eigenvalue weighted by molar-refractivity contribution is -0.127. The highest BCUT2D eigenvalue weighted by atomic mass is 35.5. The van der Waals surface area contributed by atoms with Crippen molar-refractivity contribution in [3.8, 4) is 0 Å². The van der Waals surface area contributed by atoms with Gasteiger partial charge in [0.05, 0.1) is 5.48 Å². The first-order valence-electron chi connectivity index (χ1n) is 10.1. The van der Waals surface area contributed by atoms with E-state index < -0.39 is 78.6 Å². The summed E-state index contributed by atoms with van der Waals surface area (Å²) in [7, 11) is 0. The minimum atomic E-state index is -3.09. The van der Waals surface area contributed by atoms with Gasteiger partial charge in [-0.2, -0.15) is 0 Å². The van der Waals surface area contributed by atoms with Crippen LogP contribution in [0.3, 0.4) is 0 Å². The molecule has 16 heavy (non-hydrogen) atoms. The molecule has 1 atom stereocenters. The lowest BCUT2D eigenvalue weighted by Crippen LogP contribution is -2.49. The van der Waals surface area contributed by atoms with Crippen molar-refractivity contribution in [3.05, 3.63) is 34.8 Å². The van der Waals surface area contributed by atoms with Gasteiger partial charge in [-0.25, -0.2) is 0 Å². The summed E-state index contributed by atoms with van der Waals surface area (Å²) in [6.07, 6.45) is -6.86. The number of hydrogen-bond donors (Lipinski definition) is 1. The van der Waals surface area contributed by atoms with Crippen LogP contribution in [0, 0.1) is 0 Å². The first kappa shape index (κ1) is 4.11. The third-order valence-electron chi connectivity index (χ3n) is 2.39. The average Bonchev–Trinajstić information content (AvgIpc) is 2.45. The normalized spacial score (nSPS) is 42.8. The average molecular weight is 249 g/mol. The Labute approximate surface area is 116 Å². The highest BCUT2D eigenvalue weighted by Gasteiger charge is 2.40. The van der Waals surface area contributed by atoms with Crippen molar-refractivity contribution in [2.45, 2.75) is 31.1 Å². The minimum Gasteiger partial charge on any atom is -0.304 e. The topological polar surface area (TPSA) is 29.1 Å². The van der Waals surface area contributed by atoms with Crippen LogP contribution in [-0.4, -0.2) is 12.8 Å². The van der Waals surface area contributed by atoms with E-state index >= 15 is 0 Å². The van der Waals surface area contributed by atoms with Crippen LogP contribution < -0.4 is 5.32 Å². The smallest absolute Gasteiger partial charge is 0.157 e. The lowest BCUT2D eigenvalue weighted by Gasteiger charge is -2.36. The summed E-state index contributed by atoms with van der Waals surface area (Å²) in [4.78, 5) is 12.9. The number of nitrogens with one attached hydrogen (secondary N) is 1. The molecule has 1 unspecified atom stereocenters. The van der Waals surface area contributed by atoms with Crippen molar-refractivity contribution in [3.63, 3.8) is 0 Å². The van der Waals surface area contributed by atoms with E-state index in [-0.39, 0.29) is 0 Å². The van der Waals surface area contributed by atoms with Gasteiger partial charge in [0.2, 0.25) is 0 Å². The quantitative estimate of drug-likeness (QED) is 0.872. The summed E-state index contributed by atoms with van der Waals surface area (Å²) in [5, 5.41) is 1.20. The van der Waals surface area contributed by atoms with Crippen LogP contribution in [-0.2, 0) is 10.3 Å². The molecule has 0 heterocycles. The number of rotatable bonds is 2. The van der Waals surface area contributed by atoms with Gasteiger partial charge in [-0.3, -0.25) is 4.79 Å². The Balaban J connectivity index is 2.96. The number of carbonyl (C=O) groups excluding carboxylic acids is 1. The number of hydrogen-bond acceptors (Lipinski definition) is 2. The van der Waals surface area contributed by atoms with E-state index in [0.29, 0.717) is 0 Å². The molecule has 86 valence electrons. The second-order valence-electron chi connectivity index (χ2n) is 3.27. The predicted octanol–water partition coefficient (Wildman–Crippen LogP) is 2.90. The van der Waals surface area contributed by atoms with Gasteiger partial charge >= 0.3 is 0 Å². The van der Waals surface area contributed by atoms with Gasteiger partial charge in [0, 0.05) is 21.0 Å². The SMILES string of the molecule is [2H]c1c([2H])c([2H])c(C2(NC([2H])([2H])[2H])C(=O)CC([2H])([2H])CC2([2H])[2H])c(Cl)c1[2H]. The summed E-state index contributed by atoms with van der Waals surface area (Å²) < 4.78 is 85.9. The summed E-state index contributed by atoms with van der Waals surface area (Å²) in [6.45, 7) is -3.09. The van der Waals surface area contributed by atoms with Crippen LogP contribution >= 0.6 is 11.6 Å². The van der Waals surface area contributed by atoms with Gasteiger partial charge in [-0.05, 0) is 31.3 Å². The maximum Gasteiger partial charge on any atom is 0.157 e. The van der Waals surface area contributed by atoms with Gasteiger partial charge in [-0.15, -0.1) is 0 Å². The van der Waals surface area contributed by atoms with E-state index in [2.05, 4.69) is 0 Å². The molecule has 2 rings (SSSR count). The summed E-state index contributed by atoms with van der Waals surface area (Å²) >= 11 is 6.04. The minimum absolute atomic E-state index is 0.697. The van der Waals surface area contributed by atoms with Gasteiger partial charge < -0.3 is 5.32 Å². The van der Waals surface area contributed by atoms with E-state index in [1.807, 2.05) is 5.32 Å². The standard InChI is InChI=1S/C13H16ClNO/c1-15-13(9-5-4-8-12(13)16)10-6-2-3-7-11(10)14/h2-3,6-7,15H,4-5,8-9H2,1H3/i1D3,2D,3D,4D2,6D,7D,9D2. The Bertz CT molecular complexity index is 777.